The maximum Gasteiger partial charge on any atom is 0.159 e. The van der Waals surface area contributed by atoms with Gasteiger partial charge in [0.15, 0.2) is 5.82 Å². The van der Waals surface area contributed by atoms with Gasteiger partial charge in [-0.25, -0.2) is 9.97 Å². The van der Waals surface area contributed by atoms with Crippen LogP contribution in [0.1, 0.15) is 0 Å². The minimum atomic E-state index is -2.08. The monoisotopic (exact) mass is 605 g/mol. The Kier molecular flexibility index (Phi) is 5.96. The third-order valence-corrected chi connectivity index (χ3v) is 12.9. The topological polar surface area (TPSA) is 30.7 Å². The number of hydrogen-bond acceptors (Lipinski definition) is 2. The first-order valence-corrected chi connectivity index (χ1v) is 18.9. The van der Waals surface area contributed by atoms with E-state index in [0.717, 1.165) is 28.3 Å². The van der Waals surface area contributed by atoms with Gasteiger partial charge in [-0.05, 0) is 64.3 Å². The van der Waals surface area contributed by atoms with Crippen molar-refractivity contribution >= 4 is 40.4 Å². The number of rotatable bonds is 4. The Morgan fingerprint density at radius 1 is 0.500 bits per heavy atom. The van der Waals surface area contributed by atoms with Gasteiger partial charge in [0.05, 0.1) is 16.7 Å². The molecule has 0 spiro atoms. The number of fused-ring (bicyclic) bond motifs is 6. The summed E-state index contributed by atoms with van der Waals surface area (Å²) >= 11 is 0. The summed E-state index contributed by atoms with van der Waals surface area (Å²) in [4.78, 5) is 10.9. The van der Waals surface area contributed by atoms with Crippen molar-refractivity contribution in [2.75, 3.05) is 0 Å². The van der Waals surface area contributed by atoms with Crippen molar-refractivity contribution in [3.63, 3.8) is 0 Å². The lowest BCUT2D eigenvalue weighted by atomic mass is 9.97. The largest absolute Gasteiger partial charge is 0.309 e. The Hall–Kier alpha value is -5.58. The molecular weight excluding hydrogens is 575 g/mol. The van der Waals surface area contributed by atoms with Gasteiger partial charge < -0.3 is 4.57 Å². The van der Waals surface area contributed by atoms with E-state index in [0.29, 0.717) is 0 Å². The molecule has 218 valence electrons. The van der Waals surface area contributed by atoms with Crippen molar-refractivity contribution in [2.45, 2.75) is 13.1 Å². The molecule has 4 heteroatoms. The van der Waals surface area contributed by atoms with Crippen molar-refractivity contribution < 1.29 is 0 Å². The van der Waals surface area contributed by atoms with Crippen molar-refractivity contribution in [2.24, 2.45) is 0 Å². The molecular formula is C42H31N3Si. The normalized spacial score (nSPS) is 13.2. The maximum absolute atomic E-state index is 5.45. The van der Waals surface area contributed by atoms with E-state index < -0.39 is 8.07 Å². The van der Waals surface area contributed by atoms with Crippen LogP contribution in [0.2, 0.25) is 13.1 Å². The standard InChI is InChI=1S/C42H31N3Si/c1-46(2)38-23-12-10-21-34(38)39-40(30-17-13-16-29(26-30)28-14-5-3-6-15-28)43-41(44-42(39)46)31-24-25-37-35(27-31)33-20-9-11-22-36(33)45(37)32-18-7-4-8-19-32/h3-27H,1-2H3. The van der Waals surface area contributed by atoms with Gasteiger partial charge in [-0.3, -0.25) is 0 Å². The van der Waals surface area contributed by atoms with Crippen LogP contribution in [-0.2, 0) is 0 Å². The van der Waals surface area contributed by atoms with E-state index in [-0.39, 0.29) is 0 Å². The Bertz CT molecular complexity index is 2440. The molecule has 0 radical (unpaired) electrons. The molecule has 2 aromatic heterocycles. The zero-order valence-corrected chi connectivity index (χ0v) is 26.8. The van der Waals surface area contributed by atoms with Gasteiger partial charge in [-0.2, -0.15) is 0 Å². The molecule has 46 heavy (non-hydrogen) atoms. The van der Waals surface area contributed by atoms with Gasteiger partial charge in [0, 0.05) is 38.5 Å². The van der Waals surface area contributed by atoms with Gasteiger partial charge in [-0.1, -0.05) is 122 Å². The summed E-state index contributed by atoms with van der Waals surface area (Å²) in [6.07, 6.45) is 0. The van der Waals surface area contributed by atoms with E-state index in [1.54, 1.807) is 0 Å². The van der Waals surface area contributed by atoms with E-state index in [2.05, 4.69) is 169 Å². The Balaban J connectivity index is 1.30. The quantitative estimate of drug-likeness (QED) is 0.187. The lowest BCUT2D eigenvalue weighted by molar-refractivity contribution is 1.18. The van der Waals surface area contributed by atoms with E-state index in [1.807, 2.05) is 0 Å². The summed E-state index contributed by atoms with van der Waals surface area (Å²) in [6, 6.07) is 54.3. The van der Waals surface area contributed by atoms with E-state index in [1.165, 1.54) is 54.6 Å². The van der Waals surface area contributed by atoms with Gasteiger partial charge in [0.25, 0.3) is 0 Å². The fourth-order valence-corrected chi connectivity index (χ4v) is 10.2. The van der Waals surface area contributed by atoms with E-state index in [4.69, 9.17) is 9.97 Å². The smallest absolute Gasteiger partial charge is 0.159 e. The van der Waals surface area contributed by atoms with Crippen LogP contribution >= 0.6 is 0 Å². The SMILES string of the molecule is C[Si]1(C)c2ccccc2-c2c(-c3cccc(-c4ccccc4)c3)nc(-c3ccc4c(c3)c3ccccc3n4-c3ccccc3)nc21. The molecule has 0 atom stereocenters. The highest BCUT2D eigenvalue weighted by Crippen LogP contribution is 2.39. The molecule has 0 saturated heterocycles. The summed E-state index contributed by atoms with van der Waals surface area (Å²) in [5, 5.41) is 5.07. The number of hydrogen-bond donors (Lipinski definition) is 0. The molecule has 9 rings (SSSR count). The lowest BCUT2D eigenvalue weighted by Gasteiger charge is -2.19. The molecule has 8 aromatic rings. The lowest BCUT2D eigenvalue weighted by Crippen LogP contribution is -2.50. The van der Waals surface area contributed by atoms with Crippen molar-refractivity contribution in [1.29, 1.82) is 0 Å². The number of nitrogens with zero attached hydrogens (tertiary/aromatic N) is 3. The van der Waals surface area contributed by atoms with Crippen LogP contribution in [-0.4, -0.2) is 22.6 Å². The third kappa shape index (κ3) is 4.04. The average molecular weight is 606 g/mol. The van der Waals surface area contributed by atoms with E-state index in [9.17, 15) is 0 Å². The van der Waals surface area contributed by atoms with Gasteiger partial charge in [0.2, 0.25) is 0 Å². The fourth-order valence-electron chi connectivity index (χ4n) is 7.32. The minimum Gasteiger partial charge on any atom is -0.309 e. The minimum absolute atomic E-state index is 0.783. The van der Waals surface area contributed by atoms with E-state index >= 15 is 0 Å². The highest BCUT2D eigenvalue weighted by atomic mass is 28.3. The summed E-state index contributed by atoms with van der Waals surface area (Å²) in [6.45, 7) is 4.85. The fraction of sp³-hybridized carbons (Fsp3) is 0.0476. The molecule has 0 aliphatic carbocycles. The van der Waals surface area contributed by atoms with Crippen molar-refractivity contribution in [3.05, 3.63) is 152 Å². The molecule has 0 bridgehead atoms. The predicted molar refractivity (Wildman–Crippen MR) is 195 cm³/mol. The molecule has 3 heterocycles. The number of aromatic nitrogens is 3. The molecule has 1 aliphatic rings. The number of benzene rings is 6. The highest BCUT2D eigenvalue weighted by molar-refractivity contribution is 7.03. The first kappa shape index (κ1) is 26.8. The first-order valence-electron chi connectivity index (χ1n) is 15.9. The van der Waals surface area contributed by atoms with Crippen molar-refractivity contribution in [3.8, 4) is 50.6 Å². The van der Waals surface area contributed by atoms with Crippen LogP contribution in [0.3, 0.4) is 0 Å². The zero-order chi connectivity index (χ0) is 30.8. The summed E-state index contributed by atoms with van der Waals surface area (Å²) in [5.41, 5.74) is 11.5. The second-order valence-electron chi connectivity index (χ2n) is 12.7. The van der Waals surface area contributed by atoms with Crippen LogP contribution in [0.15, 0.2) is 152 Å². The van der Waals surface area contributed by atoms with Crippen LogP contribution < -0.4 is 10.5 Å². The van der Waals surface area contributed by atoms with Crippen LogP contribution in [0.25, 0.3) is 72.4 Å². The molecule has 0 amide bonds. The Morgan fingerprint density at radius 2 is 1.17 bits per heavy atom. The van der Waals surface area contributed by atoms with Crippen molar-refractivity contribution in [1.82, 2.24) is 14.5 Å². The second kappa shape index (κ2) is 10.2. The number of para-hydroxylation sites is 2. The molecule has 3 nitrogen and oxygen atoms in total. The van der Waals surface area contributed by atoms with Crippen LogP contribution in [0.5, 0.6) is 0 Å². The average Bonchev–Trinajstić information content (AvgIpc) is 3.57. The summed E-state index contributed by atoms with van der Waals surface area (Å²) < 4.78 is 2.35. The zero-order valence-electron chi connectivity index (χ0n) is 25.8. The van der Waals surface area contributed by atoms with Gasteiger partial charge >= 0.3 is 0 Å². The molecule has 0 saturated carbocycles. The summed E-state index contributed by atoms with van der Waals surface area (Å²) in [7, 11) is -2.08. The van der Waals surface area contributed by atoms with Gasteiger partial charge in [-0.15, -0.1) is 0 Å². The van der Waals surface area contributed by atoms with Crippen LogP contribution in [0, 0.1) is 0 Å². The van der Waals surface area contributed by atoms with Gasteiger partial charge in [0.1, 0.15) is 8.07 Å². The molecule has 0 N–H and O–H groups in total. The predicted octanol–water partition coefficient (Wildman–Crippen LogP) is 9.38. The van der Waals surface area contributed by atoms with Crippen LogP contribution in [0.4, 0.5) is 0 Å². The summed E-state index contributed by atoms with van der Waals surface area (Å²) in [5.74, 6) is 0.783. The Labute approximate surface area is 269 Å². The molecule has 0 fully saturated rings. The Morgan fingerprint density at radius 3 is 2.02 bits per heavy atom. The third-order valence-electron chi connectivity index (χ3n) is 9.56. The molecule has 1 aliphatic heterocycles. The maximum atomic E-state index is 5.45. The highest BCUT2D eigenvalue weighted by Gasteiger charge is 2.41. The molecule has 6 aromatic carbocycles. The first-order chi connectivity index (χ1) is 22.6. The molecule has 0 unspecified atom stereocenters. The second-order valence-corrected chi connectivity index (χ2v) is 16.9.